The Morgan fingerprint density at radius 1 is 0.969 bits per heavy atom. The maximum Gasteiger partial charge on any atom is 0.139 e. The first kappa shape index (κ1) is 22.6. The summed E-state index contributed by atoms with van der Waals surface area (Å²) in [5, 5.41) is 0. The molecule has 0 nitrogen and oxygen atoms in total. The van der Waals surface area contributed by atoms with E-state index in [-0.39, 0.29) is 5.82 Å². The first-order chi connectivity index (χ1) is 15.7. The molecule has 0 saturated heterocycles. The highest BCUT2D eigenvalue weighted by atomic mass is 19.1. The second-order valence-corrected chi connectivity index (χ2v) is 9.63. The van der Waals surface area contributed by atoms with Crippen molar-refractivity contribution in [3.8, 4) is 11.8 Å². The van der Waals surface area contributed by atoms with Crippen LogP contribution < -0.4 is 0 Å². The molecule has 2 fully saturated rings. The van der Waals surface area contributed by atoms with E-state index in [2.05, 4.69) is 54.8 Å². The maximum atomic E-state index is 14.4. The molecule has 0 aromatic heterocycles. The summed E-state index contributed by atoms with van der Waals surface area (Å²) in [7, 11) is 0. The van der Waals surface area contributed by atoms with E-state index < -0.39 is 0 Å². The van der Waals surface area contributed by atoms with Crippen molar-refractivity contribution in [2.24, 2.45) is 17.8 Å². The summed E-state index contributed by atoms with van der Waals surface area (Å²) in [6.45, 7) is 6.02. The topological polar surface area (TPSA) is 0 Å². The summed E-state index contributed by atoms with van der Waals surface area (Å²) in [4.78, 5) is 0. The number of fused-ring (bicyclic) bond motifs is 1. The molecule has 2 aliphatic carbocycles. The normalized spacial score (nSPS) is 25.1. The van der Waals surface area contributed by atoms with Crippen LogP contribution in [0.4, 0.5) is 4.39 Å². The molecule has 0 heterocycles. The van der Waals surface area contributed by atoms with Crippen LogP contribution in [0.15, 0.2) is 67.3 Å². The van der Waals surface area contributed by atoms with Gasteiger partial charge in [0.05, 0.1) is 5.56 Å². The van der Waals surface area contributed by atoms with Gasteiger partial charge in [-0.2, -0.15) is 0 Å². The van der Waals surface area contributed by atoms with E-state index in [1.165, 1.54) is 44.1 Å². The minimum absolute atomic E-state index is 0.227. The molecule has 0 N–H and O–H groups in total. The van der Waals surface area contributed by atoms with Gasteiger partial charge in [-0.25, -0.2) is 4.39 Å². The molecule has 2 aliphatic rings. The Balaban J connectivity index is 1.37. The molecule has 4 atom stereocenters. The van der Waals surface area contributed by atoms with E-state index >= 15 is 0 Å². The minimum atomic E-state index is -0.227. The van der Waals surface area contributed by atoms with Crippen LogP contribution in [-0.2, 0) is 6.42 Å². The van der Waals surface area contributed by atoms with Crippen LogP contribution in [0.2, 0.25) is 0 Å². The molecule has 2 saturated carbocycles. The summed E-state index contributed by atoms with van der Waals surface area (Å²) in [5.74, 6) is 9.14. The van der Waals surface area contributed by atoms with Gasteiger partial charge in [-0.3, -0.25) is 0 Å². The van der Waals surface area contributed by atoms with Gasteiger partial charge in [0.2, 0.25) is 0 Å². The van der Waals surface area contributed by atoms with Gasteiger partial charge in [-0.05, 0) is 117 Å². The Hall–Kier alpha value is -2.59. The zero-order chi connectivity index (χ0) is 22.3. The van der Waals surface area contributed by atoms with E-state index in [1.807, 2.05) is 19.1 Å². The van der Waals surface area contributed by atoms with Gasteiger partial charge < -0.3 is 0 Å². The standard InChI is InChI=1S/C31H35F/c1-3-5-6-7-25-12-16-27(31(32)21-25)15-11-24-9-13-26(14-10-24)29-19-18-28-20-23(4-2)8-17-30(28)22-29/h3-5,9-10,12-14,16,21,23,28-30H,2,6-8,17-20,22H2,1H3/b5-3+. The molecular formula is C31H35F. The lowest BCUT2D eigenvalue weighted by Crippen LogP contribution is -2.29. The van der Waals surface area contributed by atoms with Crippen molar-refractivity contribution in [2.45, 2.75) is 64.2 Å². The molecule has 166 valence electrons. The van der Waals surface area contributed by atoms with Crippen LogP contribution in [0.1, 0.15) is 80.0 Å². The molecule has 0 spiro atoms. The van der Waals surface area contributed by atoms with E-state index in [9.17, 15) is 4.39 Å². The number of aryl methyl sites for hydroxylation is 1. The third kappa shape index (κ3) is 5.60. The fourth-order valence-electron chi connectivity index (χ4n) is 5.65. The van der Waals surface area contributed by atoms with Gasteiger partial charge in [0, 0.05) is 5.56 Å². The molecule has 1 heteroatoms. The van der Waals surface area contributed by atoms with Crippen molar-refractivity contribution in [2.75, 3.05) is 0 Å². The number of halogens is 1. The van der Waals surface area contributed by atoms with Crippen molar-refractivity contribution in [3.63, 3.8) is 0 Å². The first-order valence-corrected chi connectivity index (χ1v) is 12.3. The number of benzene rings is 2. The van der Waals surface area contributed by atoms with Crippen LogP contribution >= 0.6 is 0 Å². The average Bonchev–Trinajstić information content (AvgIpc) is 2.83. The predicted molar refractivity (Wildman–Crippen MR) is 133 cm³/mol. The van der Waals surface area contributed by atoms with Crippen molar-refractivity contribution < 1.29 is 4.39 Å². The predicted octanol–water partition coefficient (Wildman–Crippen LogP) is 8.22. The summed E-state index contributed by atoms with van der Waals surface area (Å²) >= 11 is 0. The second kappa shape index (κ2) is 10.8. The highest BCUT2D eigenvalue weighted by molar-refractivity contribution is 5.45. The quantitative estimate of drug-likeness (QED) is 0.334. The van der Waals surface area contributed by atoms with Gasteiger partial charge in [0.1, 0.15) is 5.82 Å². The minimum Gasteiger partial charge on any atom is -0.206 e. The molecule has 4 unspecified atom stereocenters. The Morgan fingerprint density at radius 2 is 1.75 bits per heavy atom. The summed E-state index contributed by atoms with van der Waals surface area (Å²) in [5.41, 5.74) is 3.88. The van der Waals surface area contributed by atoms with Crippen LogP contribution in [0, 0.1) is 35.4 Å². The number of allylic oxidation sites excluding steroid dienone is 3. The van der Waals surface area contributed by atoms with Gasteiger partial charge in [0.15, 0.2) is 0 Å². The summed E-state index contributed by atoms with van der Waals surface area (Å²) in [6.07, 6.45) is 16.1. The molecule has 0 aliphatic heterocycles. The van der Waals surface area contributed by atoms with E-state index in [0.29, 0.717) is 11.5 Å². The molecule has 0 amide bonds. The Morgan fingerprint density at radius 3 is 2.50 bits per heavy atom. The molecule has 0 bridgehead atoms. The maximum absolute atomic E-state index is 14.4. The Bertz CT molecular complexity index is 1000. The van der Waals surface area contributed by atoms with Crippen LogP contribution in [0.5, 0.6) is 0 Å². The third-order valence-electron chi connectivity index (χ3n) is 7.58. The summed E-state index contributed by atoms with van der Waals surface area (Å²) < 4.78 is 14.4. The van der Waals surface area contributed by atoms with Gasteiger partial charge in [-0.1, -0.05) is 48.3 Å². The lowest BCUT2D eigenvalue weighted by atomic mass is 9.64. The van der Waals surface area contributed by atoms with E-state index in [1.54, 1.807) is 12.1 Å². The average molecular weight is 427 g/mol. The lowest BCUT2D eigenvalue weighted by Gasteiger charge is -2.41. The third-order valence-corrected chi connectivity index (χ3v) is 7.58. The highest BCUT2D eigenvalue weighted by Crippen LogP contribution is 2.47. The van der Waals surface area contributed by atoms with Gasteiger partial charge in [-0.15, -0.1) is 6.58 Å². The second-order valence-electron chi connectivity index (χ2n) is 9.63. The van der Waals surface area contributed by atoms with Crippen LogP contribution in [0.25, 0.3) is 0 Å². The van der Waals surface area contributed by atoms with E-state index in [0.717, 1.165) is 41.7 Å². The monoisotopic (exact) mass is 426 g/mol. The summed E-state index contributed by atoms with van der Waals surface area (Å²) in [6, 6.07) is 14.1. The Labute approximate surface area is 193 Å². The van der Waals surface area contributed by atoms with Gasteiger partial charge in [0.25, 0.3) is 0 Å². The molecule has 2 aromatic carbocycles. The van der Waals surface area contributed by atoms with Gasteiger partial charge >= 0.3 is 0 Å². The van der Waals surface area contributed by atoms with Crippen LogP contribution in [-0.4, -0.2) is 0 Å². The van der Waals surface area contributed by atoms with Crippen molar-refractivity contribution in [1.29, 1.82) is 0 Å². The highest BCUT2D eigenvalue weighted by Gasteiger charge is 2.35. The lowest BCUT2D eigenvalue weighted by molar-refractivity contribution is 0.133. The number of hydrogen-bond donors (Lipinski definition) is 0. The van der Waals surface area contributed by atoms with Crippen LogP contribution in [0.3, 0.4) is 0 Å². The number of rotatable bonds is 5. The molecule has 0 radical (unpaired) electrons. The zero-order valence-electron chi connectivity index (χ0n) is 19.3. The zero-order valence-corrected chi connectivity index (χ0v) is 19.3. The molecular weight excluding hydrogens is 391 g/mol. The Kier molecular flexibility index (Phi) is 7.64. The molecule has 4 rings (SSSR count). The van der Waals surface area contributed by atoms with Crippen molar-refractivity contribution in [3.05, 3.63) is 95.3 Å². The first-order valence-electron chi connectivity index (χ1n) is 12.3. The smallest absolute Gasteiger partial charge is 0.139 e. The molecule has 32 heavy (non-hydrogen) atoms. The fraction of sp³-hybridized carbons (Fsp3) is 0.419. The fourth-order valence-corrected chi connectivity index (χ4v) is 5.65. The van der Waals surface area contributed by atoms with Crippen molar-refractivity contribution >= 4 is 0 Å². The largest absolute Gasteiger partial charge is 0.206 e. The van der Waals surface area contributed by atoms with E-state index in [4.69, 9.17) is 0 Å². The van der Waals surface area contributed by atoms with Crippen molar-refractivity contribution in [1.82, 2.24) is 0 Å². The molecule has 2 aromatic rings. The number of hydrogen-bond acceptors (Lipinski definition) is 0. The SMILES string of the molecule is C=CC1CCC2CC(c3ccc(C#Cc4ccc(CC/C=C/C)cc4F)cc3)CCC2C1.